The van der Waals surface area contributed by atoms with Crippen LogP contribution in [0.4, 0.5) is 8.78 Å². The fourth-order valence-electron chi connectivity index (χ4n) is 1.65. The number of hydrogen-bond donors (Lipinski definition) is 1. The Balaban J connectivity index is 2.61. The molecule has 2 N–H and O–H groups in total. The second-order valence-corrected chi connectivity index (χ2v) is 6.92. The van der Waals surface area contributed by atoms with Gasteiger partial charge in [-0.1, -0.05) is 6.07 Å². The molecule has 0 aromatic heterocycles. The molecule has 1 atom stereocenters. The molecule has 0 aliphatic rings. The van der Waals surface area contributed by atoms with Gasteiger partial charge in [-0.3, -0.25) is 0 Å². The molecule has 0 saturated carbocycles. The van der Waals surface area contributed by atoms with Crippen LogP contribution in [0, 0.1) is 11.6 Å². The van der Waals surface area contributed by atoms with Crippen LogP contribution in [0.25, 0.3) is 0 Å². The first-order chi connectivity index (χ1) is 8.69. The molecule has 0 amide bonds. The fraction of sp³-hybridized carbons (Fsp3) is 0.500. The maximum atomic E-state index is 13.5. The van der Waals surface area contributed by atoms with Gasteiger partial charge in [-0.05, 0) is 13.1 Å². The fourth-order valence-corrected chi connectivity index (χ4v) is 2.29. The molecule has 1 aromatic carbocycles. The minimum Gasteiger partial charge on any atom is -0.323 e. The Kier molecular flexibility index (Phi) is 5.39. The van der Waals surface area contributed by atoms with Crippen LogP contribution in [0.3, 0.4) is 0 Å². The van der Waals surface area contributed by atoms with Gasteiger partial charge in [0.1, 0.15) is 21.5 Å². The number of hydrogen-bond acceptors (Lipinski definition) is 4. The number of rotatable bonds is 6. The topological polar surface area (TPSA) is 63.4 Å². The predicted octanol–water partition coefficient (Wildman–Crippen LogP) is 0.941. The van der Waals surface area contributed by atoms with Gasteiger partial charge in [0.05, 0.1) is 5.75 Å². The Morgan fingerprint density at radius 3 is 2.53 bits per heavy atom. The smallest absolute Gasteiger partial charge is 0.148 e. The molecular weight excluding hydrogens is 274 g/mol. The highest BCUT2D eigenvalue weighted by atomic mass is 32.2. The first kappa shape index (κ1) is 16.0. The second kappa shape index (κ2) is 6.40. The summed E-state index contributed by atoms with van der Waals surface area (Å²) in [6.45, 7) is 0.605. The summed E-state index contributed by atoms with van der Waals surface area (Å²) in [5.41, 5.74) is 6.05. The van der Waals surface area contributed by atoms with Crippen molar-refractivity contribution >= 4 is 9.84 Å². The molecule has 0 heterocycles. The SMILES string of the molecule is CN(CCS(C)(=O)=O)CC(N)c1ccc(F)cc1F. The van der Waals surface area contributed by atoms with Gasteiger partial charge in [0.2, 0.25) is 0 Å². The van der Waals surface area contributed by atoms with E-state index in [0.29, 0.717) is 6.54 Å². The first-order valence-electron chi connectivity index (χ1n) is 5.76. The molecule has 0 aliphatic carbocycles. The highest BCUT2D eigenvalue weighted by Crippen LogP contribution is 2.16. The average Bonchev–Trinajstić information content (AvgIpc) is 2.25. The van der Waals surface area contributed by atoms with Crippen LogP contribution in [0.1, 0.15) is 11.6 Å². The zero-order chi connectivity index (χ0) is 14.6. The van der Waals surface area contributed by atoms with E-state index in [1.165, 1.54) is 6.07 Å². The number of benzene rings is 1. The minimum atomic E-state index is -3.04. The third-order valence-electron chi connectivity index (χ3n) is 2.71. The summed E-state index contributed by atoms with van der Waals surface area (Å²) in [4.78, 5) is 1.70. The van der Waals surface area contributed by atoms with E-state index in [4.69, 9.17) is 5.73 Å². The average molecular weight is 292 g/mol. The van der Waals surface area contributed by atoms with Gasteiger partial charge < -0.3 is 10.6 Å². The van der Waals surface area contributed by atoms with Crippen LogP contribution in [0.2, 0.25) is 0 Å². The normalized spacial score (nSPS) is 13.8. The Morgan fingerprint density at radius 2 is 2.00 bits per heavy atom. The highest BCUT2D eigenvalue weighted by molar-refractivity contribution is 7.90. The van der Waals surface area contributed by atoms with E-state index in [-0.39, 0.29) is 17.9 Å². The summed E-state index contributed by atoms with van der Waals surface area (Å²) in [7, 11) is -1.34. The van der Waals surface area contributed by atoms with E-state index < -0.39 is 27.5 Å². The van der Waals surface area contributed by atoms with Gasteiger partial charge in [-0.2, -0.15) is 0 Å². The monoisotopic (exact) mass is 292 g/mol. The van der Waals surface area contributed by atoms with Crippen molar-refractivity contribution in [3.63, 3.8) is 0 Å². The molecule has 0 aliphatic heterocycles. The van der Waals surface area contributed by atoms with Crippen molar-refractivity contribution in [2.45, 2.75) is 6.04 Å². The lowest BCUT2D eigenvalue weighted by molar-refractivity contribution is 0.326. The summed E-state index contributed by atoms with van der Waals surface area (Å²) < 4.78 is 48.3. The molecule has 19 heavy (non-hydrogen) atoms. The van der Waals surface area contributed by atoms with Crippen molar-refractivity contribution in [1.82, 2.24) is 4.90 Å². The summed E-state index contributed by atoms with van der Waals surface area (Å²) >= 11 is 0. The van der Waals surface area contributed by atoms with Crippen molar-refractivity contribution in [3.05, 3.63) is 35.4 Å². The van der Waals surface area contributed by atoms with E-state index in [1.807, 2.05) is 0 Å². The third-order valence-corrected chi connectivity index (χ3v) is 3.64. The Labute approximate surface area is 112 Å². The van der Waals surface area contributed by atoms with Crippen molar-refractivity contribution in [1.29, 1.82) is 0 Å². The summed E-state index contributed by atoms with van der Waals surface area (Å²) in [6.07, 6.45) is 1.15. The minimum absolute atomic E-state index is 0.0160. The third kappa shape index (κ3) is 5.63. The lowest BCUT2D eigenvalue weighted by atomic mass is 10.1. The highest BCUT2D eigenvalue weighted by Gasteiger charge is 2.15. The molecular formula is C12H18F2N2O2S. The summed E-state index contributed by atoms with van der Waals surface area (Å²) in [5, 5.41) is 0. The summed E-state index contributed by atoms with van der Waals surface area (Å²) in [6, 6.07) is 2.60. The number of nitrogens with zero attached hydrogens (tertiary/aromatic N) is 1. The maximum absolute atomic E-state index is 13.5. The van der Waals surface area contributed by atoms with E-state index in [1.54, 1.807) is 11.9 Å². The van der Waals surface area contributed by atoms with Crippen LogP contribution < -0.4 is 5.73 Å². The van der Waals surface area contributed by atoms with E-state index >= 15 is 0 Å². The first-order valence-corrected chi connectivity index (χ1v) is 7.82. The van der Waals surface area contributed by atoms with Crippen molar-refractivity contribution in [2.75, 3.05) is 32.1 Å². The maximum Gasteiger partial charge on any atom is 0.148 e. The van der Waals surface area contributed by atoms with Crippen molar-refractivity contribution in [3.8, 4) is 0 Å². The molecule has 0 bridgehead atoms. The quantitative estimate of drug-likeness (QED) is 0.847. The van der Waals surface area contributed by atoms with E-state index in [0.717, 1.165) is 18.4 Å². The van der Waals surface area contributed by atoms with Gasteiger partial charge in [-0.25, -0.2) is 17.2 Å². The predicted molar refractivity (Wildman–Crippen MR) is 70.5 cm³/mol. The van der Waals surface area contributed by atoms with Gasteiger partial charge in [0, 0.05) is 37.0 Å². The van der Waals surface area contributed by atoms with E-state index in [2.05, 4.69) is 0 Å². The largest absolute Gasteiger partial charge is 0.323 e. The molecule has 0 spiro atoms. The Bertz CT molecular complexity index is 535. The summed E-state index contributed by atoms with van der Waals surface area (Å²) in [5.74, 6) is -1.33. The lowest BCUT2D eigenvalue weighted by Crippen LogP contribution is -2.33. The zero-order valence-corrected chi connectivity index (χ0v) is 11.8. The van der Waals surface area contributed by atoms with Gasteiger partial charge in [0.15, 0.2) is 0 Å². The number of nitrogens with two attached hydrogens (primary N) is 1. The van der Waals surface area contributed by atoms with Crippen molar-refractivity contribution < 1.29 is 17.2 Å². The second-order valence-electron chi connectivity index (χ2n) is 4.66. The van der Waals surface area contributed by atoms with Crippen LogP contribution in [0.5, 0.6) is 0 Å². The van der Waals surface area contributed by atoms with Crippen LogP contribution >= 0.6 is 0 Å². The molecule has 108 valence electrons. The van der Waals surface area contributed by atoms with Crippen molar-refractivity contribution in [2.24, 2.45) is 5.73 Å². The zero-order valence-electron chi connectivity index (χ0n) is 10.9. The number of sulfone groups is 1. The standard InChI is InChI=1S/C12H18F2N2O2S/c1-16(5-6-19(2,17)18)8-12(15)10-4-3-9(13)7-11(10)14/h3-4,7,12H,5-6,8,15H2,1-2H3. The lowest BCUT2D eigenvalue weighted by Gasteiger charge is -2.21. The molecule has 0 saturated heterocycles. The molecule has 0 radical (unpaired) electrons. The van der Waals surface area contributed by atoms with Gasteiger partial charge in [-0.15, -0.1) is 0 Å². The molecule has 7 heteroatoms. The molecule has 0 fully saturated rings. The van der Waals surface area contributed by atoms with Gasteiger partial charge in [0.25, 0.3) is 0 Å². The van der Waals surface area contributed by atoms with Crippen LogP contribution in [0.15, 0.2) is 18.2 Å². The molecule has 1 unspecified atom stereocenters. The van der Waals surface area contributed by atoms with E-state index in [9.17, 15) is 17.2 Å². The Morgan fingerprint density at radius 1 is 1.37 bits per heavy atom. The van der Waals surface area contributed by atoms with Crippen LogP contribution in [-0.4, -0.2) is 45.5 Å². The van der Waals surface area contributed by atoms with Gasteiger partial charge >= 0.3 is 0 Å². The number of likely N-dealkylation sites (N-methyl/N-ethyl adjacent to an activating group) is 1. The molecule has 1 rings (SSSR count). The number of halogens is 2. The van der Waals surface area contributed by atoms with Crippen LogP contribution in [-0.2, 0) is 9.84 Å². The molecule has 4 nitrogen and oxygen atoms in total. The molecule has 1 aromatic rings. The Hall–Kier alpha value is -1.05.